The number of ether oxygens (including phenoxy) is 1. The number of carbonyl (C=O) groups excluding carboxylic acids is 1. The Balaban J connectivity index is 2.15. The van der Waals surface area contributed by atoms with Gasteiger partial charge in [-0.05, 0) is 40.2 Å². The van der Waals surface area contributed by atoms with Gasteiger partial charge in [0.2, 0.25) is 0 Å². The van der Waals surface area contributed by atoms with Crippen LogP contribution >= 0.6 is 0 Å². The van der Waals surface area contributed by atoms with E-state index in [0.29, 0.717) is 6.42 Å². The molecule has 2 N–H and O–H groups in total. The summed E-state index contributed by atoms with van der Waals surface area (Å²) in [7, 11) is 0. The summed E-state index contributed by atoms with van der Waals surface area (Å²) in [5.74, 6) is -1.45. The first-order valence-electron chi connectivity index (χ1n) is 6.80. The molecular formula is C15H20N2O4. The molecule has 1 aliphatic heterocycles. The summed E-state index contributed by atoms with van der Waals surface area (Å²) in [6.45, 7) is 7.82. The zero-order valence-corrected chi connectivity index (χ0v) is 12.6. The van der Waals surface area contributed by atoms with Gasteiger partial charge in [-0.25, -0.2) is 4.79 Å². The molecule has 1 saturated heterocycles. The molecule has 1 fully saturated rings. The maximum Gasteiger partial charge on any atom is 0.337 e. The van der Waals surface area contributed by atoms with Gasteiger partial charge in [0.1, 0.15) is 0 Å². The second kappa shape index (κ2) is 5.11. The average molecular weight is 292 g/mol. The maximum absolute atomic E-state index is 12.3. The lowest BCUT2D eigenvalue weighted by molar-refractivity contribution is -0.0693. The molecule has 0 bridgehead atoms. The van der Waals surface area contributed by atoms with Crippen LogP contribution in [-0.4, -0.2) is 39.2 Å². The number of nitrogens with zero attached hydrogens (tertiary/aromatic N) is 1. The minimum Gasteiger partial charge on any atom is -0.478 e. The lowest BCUT2D eigenvalue weighted by Crippen LogP contribution is -2.46. The fourth-order valence-electron chi connectivity index (χ4n) is 2.71. The van der Waals surface area contributed by atoms with E-state index in [4.69, 9.17) is 9.84 Å². The number of carboxylic acids is 1. The summed E-state index contributed by atoms with van der Waals surface area (Å²) in [6, 6.07) is 1.17. The monoisotopic (exact) mass is 292 g/mol. The number of carboxylic acid groups (broad SMARTS) is 1. The Morgan fingerprint density at radius 3 is 2.43 bits per heavy atom. The molecule has 21 heavy (non-hydrogen) atoms. The molecule has 6 heteroatoms. The van der Waals surface area contributed by atoms with E-state index in [0.717, 1.165) is 0 Å². The van der Waals surface area contributed by atoms with Crippen molar-refractivity contribution >= 4 is 11.9 Å². The number of nitrogens with one attached hydrogen (secondary N) is 1. The molecule has 1 atom stereocenters. The number of carbonyl (C=O) groups is 2. The van der Waals surface area contributed by atoms with Crippen molar-refractivity contribution < 1.29 is 19.4 Å². The second-order valence-corrected chi connectivity index (χ2v) is 6.46. The van der Waals surface area contributed by atoms with Crippen LogP contribution in [0, 0.1) is 0 Å². The Kier molecular flexibility index (Phi) is 3.76. The summed E-state index contributed by atoms with van der Waals surface area (Å²) >= 11 is 0. The van der Waals surface area contributed by atoms with E-state index < -0.39 is 11.6 Å². The van der Waals surface area contributed by atoms with Crippen molar-refractivity contribution in [1.29, 1.82) is 0 Å². The van der Waals surface area contributed by atoms with E-state index in [2.05, 4.69) is 10.3 Å². The Morgan fingerprint density at radius 1 is 1.29 bits per heavy atom. The van der Waals surface area contributed by atoms with Gasteiger partial charge in [0.05, 0.1) is 28.4 Å². The van der Waals surface area contributed by atoms with Crippen LogP contribution in [-0.2, 0) is 4.74 Å². The zero-order chi connectivity index (χ0) is 15.8. The zero-order valence-electron chi connectivity index (χ0n) is 12.6. The SMILES string of the molecule is CC1(C)CC(NC(=O)c2cncc(C(=O)O)c2)C(C)(C)O1. The highest BCUT2D eigenvalue weighted by Gasteiger charge is 2.46. The van der Waals surface area contributed by atoms with Crippen LogP contribution in [0.15, 0.2) is 18.5 Å². The van der Waals surface area contributed by atoms with Crippen molar-refractivity contribution in [2.45, 2.75) is 51.4 Å². The van der Waals surface area contributed by atoms with Crippen LogP contribution in [0.2, 0.25) is 0 Å². The third kappa shape index (κ3) is 3.39. The van der Waals surface area contributed by atoms with Gasteiger partial charge in [-0.15, -0.1) is 0 Å². The van der Waals surface area contributed by atoms with E-state index >= 15 is 0 Å². The molecule has 2 heterocycles. The third-order valence-corrected chi connectivity index (χ3v) is 3.63. The van der Waals surface area contributed by atoms with Crippen molar-refractivity contribution in [2.75, 3.05) is 0 Å². The second-order valence-electron chi connectivity index (χ2n) is 6.46. The minimum atomic E-state index is -1.11. The average Bonchev–Trinajstić information content (AvgIpc) is 2.57. The molecule has 1 aliphatic rings. The Labute approximate surface area is 123 Å². The number of aromatic nitrogens is 1. The molecule has 0 saturated carbocycles. The first-order chi connectivity index (χ1) is 9.61. The van der Waals surface area contributed by atoms with E-state index in [1.54, 1.807) is 0 Å². The number of amides is 1. The van der Waals surface area contributed by atoms with Crippen molar-refractivity contribution in [3.05, 3.63) is 29.6 Å². The molecule has 1 amide bonds. The van der Waals surface area contributed by atoms with Crippen molar-refractivity contribution in [1.82, 2.24) is 10.3 Å². The van der Waals surface area contributed by atoms with Gasteiger partial charge in [0, 0.05) is 12.4 Å². The Morgan fingerprint density at radius 2 is 1.90 bits per heavy atom. The maximum atomic E-state index is 12.3. The highest BCUT2D eigenvalue weighted by Crippen LogP contribution is 2.37. The quantitative estimate of drug-likeness (QED) is 0.887. The predicted octanol–water partition coefficient (Wildman–Crippen LogP) is 1.86. The van der Waals surface area contributed by atoms with Crippen molar-refractivity contribution in [2.24, 2.45) is 0 Å². The summed E-state index contributed by atoms with van der Waals surface area (Å²) in [4.78, 5) is 27.0. The molecule has 1 aromatic heterocycles. The predicted molar refractivity (Wildman–Crippen MR) is 76.3 cm³/mol. The number of hydrogen-bond acceptors (Lipinski definition) is 4. The van der Waals surface area contributed by atoms with E-state index in [9.17, 15) is 9.59 Å². The van der Waals surface area contributed by atoms with Crippen molar-refractivity contribution in [3.8, 4) is 0 Å². The molecule has 0 aromatic carbocycles. The summed E-state index contributed by atoms with van der Waals surface area (Å²) in [5.41, 5.74) is -0.556. The highest BCUT2D eigenvalue weighted by atomic mass is 16.5. The number of aromatic carboxylic acids is 1. The smallest absolute Gasteiger partial charge is 0.337 e. The van der Waals surface area contributed by atoms with Crippen LogP contribution in [0.1, 0.15) is 54.8 Å². The van der Waals surface area contributed by atoms with Gasteiger partial charge >= 0.3 is 5.97 Å². The van der Waals surface area contributed by atoms with Crippen LogP contribution in [0.5, 0.6) is 0 Å². The summed E-state index contributed by atoms with van der Waals surface area (Å²) in [6.07, 6.45) is 3.26. The molecular weight excluding hydrogens is 272 g/mol. The van der Waals surface area contributed by atoms with Gasteiger partial charge < -0.3 is 15.2 Å². The summed E-state index contributed by atoms with van der Waals surface area (Å²) < 4.78 is 5.92. The van der Waals surface area contributed by atoms with Crippen LogP contribution in [0.3, 0.4) is 0 Å². The van der Waals surface area contributed by atoms with Gasteiger partial charge in [-0.2, -0.15) is 0 Å². The largest absolute Gasteiger partial charge is 0.478 e. The topological polar surface area (TPSA) is 88.5 Å². The lowest BCUT2D eigenvalue weighted by Gasteiger charge is -2.27. The minimum absolute atomic E-state index is 0.00934. The van der Waals surface area contributed by atoms with Crippen molar-refractivity contribution in [3.63, 3.8) is 0 Å². The van der Waals surface area contributed by atoms with Crippen LogP contribution < -0.4 is 5.32 Å². The standard InChI is InChI=1S/C15H20N2O4/c1-14(2)6-11(15(3,4)21-14)17-12(18)9-5-10(13(19)20)8-16-7-9/h5,7-8,11H,6H2,1-4H3,(H,17,18)(H,19,20). The highest BCUT2D eigenvalue weighted by molar-refractivity contribution is 5.97. The van der Waals surface area contributed by atoms with Gasteiger partial charge in [-0.3, -0.25) is 9.78 Å². The van der Waals surface area contributed by atoms with Crippen LogP contribution in [0.25, 0.3) is 0 Å². The number of rotatable bonds is 3. The molecule has 0 aliphatic carbocycles. The van der Waals surface area contributed by atoms with E-state index in [-0.39, 0.29) is 28.7 Å². The fraction of sp³-hybridized carbons (Fsp3) is 0.533. The van der Waals surface area contributed by atoms with E-state index in [1.807, 2.05) is 27.7 Å². The molecule has 2 rings (SSSR count). The Bertz CT molecular complexity index is 581. The Hall–Kier alpha value is -1.95. The normalized spacial score (nSPS) is 22.8. The first-order valence-corrected chi connectivity index (χ1v) is 6.80. The molecule has 114 valence electrons. The molecule has 0 spiro atoms. The third-order valence-electron chi connectivity index (χ3n) is 3.63. The molecule has 1 aromatic rings. The molecule has 6 nitrogen and oxygen atoms in total. The first kappa shape index (κ1) is 15.4. The lowest BCUT2D eigenvalue weighted by atomic mass is 9.94. The summed E-state index contributed by atoms with van der Waals surface area (Å²) in [5, 5.41) is 11.8. The van der Waals surface area contributed by atoms with E-state index in [1.165, 1.54) is 18.5 Å². The number of hydrogen-bond donors (Lipinski definition) is 2. The van der Waals surface area contributed by atoms with Crippen LogP contribution in [0.4, 0.5) is 0 Å². The molecule has 1 unspecified atom stereocenters. The van der Waals surface area contributed by atoms with Gasteiger partial charge in [0.25, 0.3) is 5.91 Å². The molecule has 0 radical (unpaired) electrons. The van der Waals surface area contributed by atoms with Gasteiger partial charge in [0.15, 0.2) is 0 Å². The van der Waals surface area contributed by atoms with Gasteiger partial charge in [-0.1, -0.05) is 0 Å². The number of pyridine rings is 1. The fourth-order valence-corrected chi connectivity index (χ4v) is 2.71.